The van der Waals surface area contributed by atoms with Crippen molar-refractivity contribution in [1.29, 1.82) is 0 Å². The van der Waals surface area contributed by atoms with Crippen LogP contribution in [0.2, 0.25) is 0 Å². The topological polar surface area (TPSA) is 129 Å². The van der Waals surface area contributed by atoms with Crippen LogP contribution in [-0.2, 0) is 36.8 Å². The number of halogens is 4. The lowest BCUT2D eigenvalue weighted by molar-refractivity contribution is -0.139. The van der Waals surface area contributed by atoms with Gasteiger partial charge in [0, 0.05) is 67.7 Å². The molecule has 264 valence electrons. The van der Waals surface area contributed by atoms with Gasteiger partial charge in [-0.2, -0.15) is 18.3 Å². The van der Waals surface area contributed by atoms with Crippen LogP contribution in [0.3, 0.4) is 0 Å². The molecule has 0 unspecified atom stereocenters. The molecule has 0 saturated carbocycles. The van der Waals surface area contributed by atoms with Gasteiger partial charge in [0.2, 0.25) is 5.95 Å². The minimum absolute atomic E-state index is 0.129. The number of aromatic nitrogens is 5. The molecule has 0 spiro atoms. The van der Waals surface area contributed by atoms with Gasteiger partial charge in [-0.3, -0.25) is 0 Å². The monoisotopic (exact) mass is 692 g/mol. The minimum Gasteiger partial charge on any atom is -0.480 e. The number of likely N-dealkylation sites (N-methyl/N-ethyl adjacent to an activating group) is 1. The van der Waals surface area contributed by atoms with Crippen LogP contribution in [0.15, 0.2) is 48.9 Å². The zero-order chi connectivity index (χ0) is 35.7. The highest BCUT2D eigenvalue weighted by Gasteiger charge is 2.34. The number of rotatable bonds is 12. The molecule has 0 saturated heterocycles. The predicted octanol–water partition coefficient (Wildman–Crippen LogP) is 6.67. The summed E-state index contributed by atoms with van der Waals surface area (Å²) in [6.45, 7) is 5.13. The lowest BCUT2D eigenvalue weighted by atomic mass is 9.96. The van der Waals surface area contributed by atoms with Crippen molar-refractivity contribution >= 4 is 28.5 Å². The second-order valence-electron chi connectivity index (χ2n) is 12.5. The zero-order valence-electron chi connectivity index (χ0n) is 28.2. The molecule has 1 aliphatic heterocycles. The van der Waals surface area contributed by atoms with Crippen molar-refractivity contribution in [2.45, 2.75) is 71.1 Å². The number of carbonyl (C=O) groups is 1. The summed E-state index contributed by atoms with van der Waals surface area (Å²) in [6, 6.07) is 8.28. The van der Waals surface area contributed by atoms with Crippen LogP contribution in [0.5, 0.6) is 0 Å². The van der Waals surface area contributed by atoms with Crippen molar-refractivity contribution < 1.29 is 27.5 Å². The van der Waals surface area contributed by atoms with E-state index < -0.39 is 29.6 Å². The van der Waals surface area contributed by atoms with E-state index in [4.69, 9.17) is 10.8 Å². The Kier molecular flexibility index (Phi) is 9.83. The van der Waals surface area contributed by atoms with Gasteiger partial charge < -0.3 is 25.6 Å². The second kappa shape index (κ2) is 14.1. The lowest BCUT2D eigenvalue weighted by Gasteiger charge is -2.29. The number of fused-ring (bicyclic) bond motifs is 2. The number of hydrogen-bond acceptors (Lipinski definition) is 7. The van der Waals surface area contributed by atoms with Gasteiger partial charge in [-0.05, 0) is 55.8 Å². The van der Waals surface area contributed by atoms with Crippen molar-refractivity contribution in [2.24, 2.45) is 5.73 Å². The highest BCUT2D eigenvalue weighted by atomic mass is 19.4. The Morgan fingerprint density at radius 3 is 2.44 bits per heavy atom. The van der Waals surface area contributed by atoms with Crippen LogP contribution in [0, 0.1) is 5.82 Å². The molecule has 0 radical (unpaired) electrons. The first-order chi connectivity index (χ1) is 24.0. The van der Waals surface area contributed by atoms with Gasteiger partial charge in [0.15, 0.2) is 0 Å². The highest BCUT2D eigenvalue weighted by molar-refractivity contribution is 6.03. The minimum atomic E-state index is -4.57. The fraction of sp³-hybridized carbons (Fsp3) is 0.389. The van der Waals surface area contributed by atoms with Gasteiger partial charge >= 0.3 is 12.1 Å². The summed E-state index contributed by atoms with van der Waals surface area (Å²) in [5, 5.41) is 15.7. The van der Waals surface area contributed by atoms with E-state index in [2.05, 4.69) is 15.0 Å². The van der Waals surface area contributed by atoms with Gasteiger partial charge in [0.1, 0.15) is 11.9 Å². The molecule has 5 aromatic rings. The molecule has 1 atom stereocenters. The summed E-state index contributed by atoms with van der Waals surface area (Å²) in [5.41, 5.74) is 10.8. The normalized spacial score (nSPS) is 13.9. The number of nitrogens with two attached hydrogens (primary N) is 1. The third-order valence-electron chi connectivity index (χ3n) is 9.54. The molecular formula is C36H40F4N8O2. The van der Waals surface area contributed by atoms with E-state index in [1.165, 1.54) is 6.07 Å². The van der Waals surface area contributed by atoms with E-state index >= 15 is 4.39 Å². The fourth-order valence-corrected chi connectivity index (χ4v) is 6.91. The second-order valence-corrected chi connectivity index (χ2v) is 12.5. The Hall–Kier alpha value is -4.98. The van der Waals surface area contributed by atoms with Gasteiger partial charge in [0.25, 0.3) is 0 Å². The van der Waals surface area contributed by atoms with Crippen molar-refractivity contribution in [3.63, 3.8) is 0 Å². The van der Waals surface area contributed by atoms with E-state index in [1.54, 1.807) is 29.1 Å². The van der Waals surface area contributed by atoms with Gasteiger partial charge in [-0.25, -0.2) is 23.8 Å². The van der Waals surface area contributed by atoms with Crippen LogP contribution < -0.4 is 15.5 Å². The van der Waals surface area contributed by atoms with E-state index in [9.17, 15) is 23.1 Å². The maximum Gasteiger partial charge on any atom is 0.419 e. The Balaban J connectivity index is 1.54. The highest BCUT2D eigenvalue weighted by Crippen LogP contribution is 2.43. The predicted molar refractivity (Wildman–Crippen MR) is 184 cm³/mol. The molecular weight excluding hydrogens is 652 g/mol. The van der Waals surface area contributed by atoms with Crippen LogP contribution >= 0.6 is 0 Å². The van der Waals surface area contributed by atoms with E-state index in [0.29, 0.717) is 79.5 Å². The number of aliphatic carboxylic acids is 1. The molecule has 6 rings (SSSR count). The molecule has 0 aliphatic carbocycles. The first kappa shape index (κ1) is 34.9. The molecule has 1 aliphatic rings. The first-order valence-electron chi connectivity index (χ1n) is 16.8. The first-order valence-corrected chi connectivity index (χ1v) is 16.8. The van der Waals surface area contributed by atoms with Crippen LogP contribution in [-0.4, -0.2) is 62.0 Å². The van der Waals surface area contributed by atoms with Crippen molar-refractivity contribution in [2.75, 3.05) is 29.9 Å². The van der Waals surface area contributed by atoms with Gasteiger partial charge in [-0.15, -0.1) is 0 Å². The molecule has 10 nitrogen and oxygen atoms in total. The molecule has 0 bridgehead atoms. The SMILES string of the molecule is CCc1cccc(CC)c1-n1nc2c(c1-c1c(F)cc(N(C)[C@@H](CCCCN)C(=O)O)c3[nH]ccc13)CN(c1ncc(C(F)(F)F)cn1)CC2. The van der Waals surface area contributed by atoms with Crippen molar-refractivity contribution in [3.05, 3.63) is 82.7 Å². The number of benzene rings is 2. The molecule has 4 heterocycles. The molecule has 0 amide bonds. The van der Waals surface area contributed by atoms with Crippen molar-refractivity contribution in [3.8, 4) is 16.9 Å². The summed E-state index contributed by atoms with van der Waals surface area (Å²) in [4.78, 5) is 27.0. The largest absolute Gasteiger partial charge is 0.480 e. The number of alkyl halides is 3. The number of hydrogen-bond donors (Lipinski definition) is 3. The van der Waals surface area contributed by atoms with Crippen LogP contribution in [0.25, 0.3) is 27.8 Å². The van der Waals surface area contributed by atoms with E-state index in [1.807, 2.05) is 36.7 Å². The molecule has 3 aromatic heterocycles. The number of aromatic amines is 1. The number of anilines is 2. The molecule has 14 heteroatoms. The fourth-order valence-electron chi connectivity index (χ4n) is 6.91. The number of carboxylic acid groups (broad SMARTS) is 1. The third kappa shape index (κ3) is 6.39. The lowest BCUT2D eigenvalue weighted by Crippen LogP contribution is -2.38. The van der Waals surface area contributed by atoms with Gasteiger partial charge in [0.05, 0.1) is 33.8 Å². The number of unbranched alkanes of at least 4 members (excludes halogenated alkanes) is 1. The number of nitrogens with one attached hydrogen (secondary N) is 1. The standard InChI is InChI=1S/C36H40F4N8O2/c1-4-21-9-8-10-22(5-2)32(21)48-33(25-20-47(16-13-27(25)45-48)35-43-18-23(19-44-35)36(38,39)40)30-24-12-15-42-31(24)29(17-26(30)37)46(3)28(34(49)50)11-6-7-14-41/h8-10,12,15,17-19,28,42H,4-7,11,13-14,16,20,41H2,1-3H3,(H,49,50)/t28-/m0/s1. The Labute approximate surface area is 286 Å². The Morgan fingerprint density at radius 2 is 1.82 bits per heavy atom. The third-order valence-corrected chi connectivity index (χ3v) is 9.54. The summed E-state index contributed by atoms with van der Waals surface area (Å²) in [6.07, 6.45) is 2.11. The number of para-hydroxylation sites is 1. The average Bonchev–Trinajstić information content (AvgIpc) is 3.74. The smallest absolute Gasteiger partial charge is 0.419 e. The maximum atomic E-state index is 17.0. The summed E-state index contributed by atoms with van der Waals surface area (Å²) < 4.78 is 58.6. The molecule has 2 aromatic carbocycles. The Bertz CT molecular complexity index is 1980. The average molecular weight is 693 g/mol. The number of nitrogens with zero attached hydrogens (tertiary/aromatic N) is 6. The maximum absolute atomic E-state index is 17.0. The molecule has 0 fully saturated rings. The summed E-state index contributed by atoms with van der Waals surface area (Å²) >= 11 is 0. The number of aryl methyl sites for hydroxylation is 2. The number of H-pyrrole nitrogens is 1. The van der Waals surface area contributed by atoms with Gasteiger partial charge in [-0.1, -0.05) is 32.0 Å². The van der Waals surface area contributed by atoms with E-state index in [0.717, 1.165) is 34.9 Å². The van der Waals surface area contributed by atoms with Crippen LogP contribution in [0.4, 0.5) is 29.2 Å². The summed E-state index contributed by atoms with van der Waals surface area (Å²) in [7, 11) is 1.65. The molecule has 4 N–H and O–H groups in total. The quantitative estimate of drug-likeness (QED) is 0.0977. The van der Waals surface area contributed by atoms with E-state index in [-0.39, 0.29) is 18.1 Å². The van der Waals surface area contributed by atoms with Crippen LogP contribution in [0.1, 0.15) is 61.1 Å². The molecule has 50 heavy (non-hydrogen) atoms. The zero-order valence-corrected chi connectivity index (χ0v) is 28.2. The summed E-state index contributed by atoms with van der Waals surface area (Å²) in [5.74, 6) is -1.46. The van der Waals surface area contributed by atoms with Crippen molar-refractivity contribution in [1.82, 2.24) is 24.7 Å². The number of carboxylic acids is 1. The Morgan fingerprint density at radius 1 is 1.12 bits per heavy atom.